The lowest BCUT2D eigenvalue weighted by Gasteiger charge is -2.35. The molecule has 2 aliphatic carbocycles. The SMILES string of the molecule is O=C1NCCN1c1cccc(C(=O)N(C2CCCCC2)C2CC2)c1. The Balaban J connectivity index is 1.57. The lowest BCUT2D eigenvalue weighted by atomic mass is 9.93. The van der Waals surface area contributed by atoms with Gasteiger partial charge in [0, 0.05) is 36.4 Å². The molecule has 1 aromatic rings. The van der Waals surface area contributed by atoms with E-state index in [1.54, 1.807) is 4.90 Å². The van der Waals surface area contributed by atoms with E-state index in [9.17, 15) is 9.59 Å². The van der Waals surface area contributed by atoms with Crippen LogP contribution in [0, 0.1) is 0 Å². The number of amides is 3. The quantitative estimate of drug-likeness (QED) is 0.923. The van der Waals surface area contributed by atoms with Gasteiger partial charge >= 0.3 is 6.03 Å². The maximum absolute atomic E-state index is 13.2. The molecule has 1 aromatic carbocycles. The van der Waals surface area contributed by atoms with Gasteiger partial charge in [0.25, 0.3) is 5.91 Å². The minimum atomic E-state index is -0.0778. The van der Waals surface area contributed by atoms with Gasteiger partial charge in [0.15, 0.2) is 0 Å². The number of carbonyl (C=O) groups excluding carboxylic acids is 2. The number of rotatable bonds is 4. The van der Waals surface area contributed by atoms with E-state index in [0.29, 0.717) is 30.7 Å². The van der Waals surface area contributed by atoms with E-state index in [1.165, 1.54) is 19.3 Å². The van der Waals surface area contributed by atoms with Crippen molar-refractivity contribution in [3.63, 3.8) is 0 Å². The third-order valence-corrected chi connectivity index (χ3v) is 5.40. The summed E-state index contributed by atoms with van der Waals surface area (Å²) in [5.74, 6) is 0.144. The van der Waals surface area contributed by atoms with Gasteiger partial charge in [-0.2, -0.15) is 0 Å². The molecule has 1 heterocycles. The summed E-state index contributed by atoms with van der Waals surface area (Å²) < 4.78 is 0. The van der Waals surface area contributed by atoms with Crippen LogP contribution in [0.4, 0.5) is 10.5 Å². The van der Waals surface area contributed by atoms with Crippen molar-refractivity contribution in [1.82, 2.24) is 10.2 Å². The molecule has 24 heavy (non-hydrogen) atoms. The Morgan fingerprint density at radius 1 is 1.08 bits per heavy atom. The third-order valence-electron chi connectivity index (χ3n) is 5.40. The number of nitrogens with zero attached hydrogens (tertiary/aromatic N) is 2. The van der Waals surface area contributed by atoms with Gasteiger partial charge < -0.3 is 10.2 Å². The molecular weight excluding hydrogens is 302 g/mol. The molecule has 5 nitrogen and oxygen atoms in total. The molecular formula is C19H25N3O2. The second-order valence-corrected chi connectivity index (χ2v) is 7.17. The van der Waals surface area contributed by atoms with Crippen molar-refractivity contribution in [1.29, 1.82) is 0 Å². The highest BCUT2D eigenvalue weighted by Crippen LogP contribution is 2.35. The normalized spacial score (nSPS) is 21.7. The molecule has 0 aromatic heterocycles. The fraction of sp³-hybridized carbons (Fsp3) is 0.579. The summed E-state index contributed by atoms with van der Waals surface area (Å²) >= 11 is 0. The maximum Gasteiger partial charge on any atom is 0.321 e. The van der Waals surface area contributed by atoms with E-state index < -0.39 is 0 Å². The summed E-state index contributed by atoms with van der Waals surface area (Å²) in [5.41, 5.74) is 1.53. The first kappa shape index (κ1) is 15.5. The second kappa shape index (κ2) is 6.46. The van der Waals surface area contributed by atoms with Gasteiger partial charge in [-0.1, -0.05) is 25.3 Å². The number of hydrogen-bond donors (Lipinski definition) is 1. The highest BCUT2D eigenvalue weighted by atomic mass is 16.2. The Morgan fingerprint density at radius 3 is 2.50 bits per heavy atom. The fourth-order valence-corrected chi connectivity index (χ4v) is 4.02. The monoisotopic (exact) mass is 327 g/mol. The Labute approximate surface area is 143 Å². The minimum Gasteiger partial charge on any atom is -0.336 e. The molecule has 2 saturated carbocycles. The number of benzene rings is 1. The first-order chi connectivity index (χ1) is 11.7. The molecule has 5 heteroatoms. The van der Waals surface area contributed by atoms with Crippen molar-refractivity contribution in [2.45, 2.75) is 57.0 Å². The summed E-state index contributed by atoms with van der Waals surface area (Å²) in [6.07, 6.45) is 8.30. The van der Waals surface area contributed by atoms with E-state index in [0.717, 1.165) is 31.4 Å². The van der Waals surface area contributed by atoms with Crippen molar-refractivity contribution in [2.75, 3.05) is 18.0 Å². The molecule has 3 aliphatic rings. The van der Waals surface area contributed by atoms with E-state index in [4.69, 9.17) is 0 Å². The number of urea groups is 1. The number of carbonyl (C=O) groups is 2. The molecule has 0 unspecified atom stereocenters. The van der Waals surface area contributed by atoms with Crippen LogP contribution in [0.25, 0.3) is 0 Å². The Bertz CT molecular complexity index is 635. The number of nitrogens with one attached hydrogen (secondary N) is 1. The van der Waals surface area contributed by atoms with E-state index in [2.05, 4.69) is 10.2 Å². The Kier molecular flexibility index (Phi) is 4.17. The topological polar surface area (TPSA) is 52.7 Å². The first-order valence-corrected chi connectivity index (χ1v) is 9.22. The van der Waals surface area contributed by atoms with Gasteiger partial charge in [-0.25, -0.2) is 4.79 Å². The van der Waals surface area contributed by atoms with E-state index in [-0.39, 0.29) is 11.9 Å². The average Bonchev–Trinajstić information content (AvgIpc) is 3.36. The molecule has 128 valence electrons. The highest BCUT2D eigenvalue weighted by molar-refractivity contribution is 5.98. The molecule has 3 fully saturated rings. The molecule has 0 radical (unpaired) electrons. The smallest absolute Gasteiger partial charge is 0.321 e. The third kappa shape index (κ3) is 2.99. The van der Waals surface area contributed by atoms with E-state index >= 15 is 0 Å². The van der Waals surface area contributed by atoms with E-state index in [1.807, 2.05) is 24.3 Å². The molecule has 0 atom stereocenters. The zero-order valence-corrected chi connectivity index (χ0v) is 14.0. The lowest BCUT2D eigenvalue weighted by molar-refractivity contribution is 0.0614. The molecule has 1 N–H and O–H groups in total. The summed E-state index contributed by atoms with van der Waals surface area (Å²) in [4.78, 5) is 28.9. The van der Waals surface area contributed by atoms with Crippen molar-refractivity contribution in [2.24, 2.45) is 0 Å². The van der Waals surface area contributed by atoms with Crippen LogP contribution < -0.4 is 10.2 Å². The largest absolute Gasteiger partial charge is 0.336 e. The van der Waals surface area contributed by atoms with Crippen LogP contribution >= 0.6 is 0 Å². The van der Waals surface area contributed by atoms with Crippen molar-refractivity contribution in [3.8, 4) is 0 Å². The molecule has 0 bridgehead atoms. The van der Waals surface area contributed by atoms with Gasteiger partial charge in [0.2, 0.25) is 0 Å². The summed E-state index contributed by atoms with van der Waals surface area (Å²) in [6.45, 7) is 1.32. The summed E-state index contributed by atoms with van der Waals surface area (Å²) in [6, 6.07) is 8.32. The second-order valence-electron chi connectivity index (χ2n) is 7.17. The maximum atomic E-state index is 13.2. The predicted octanol–water partition coefficient (Wildman–Crippen LogP) is 3.15. The Hall–Kier alpha value is -2.04. The number of hydrogen-bond acceptors (Lipinski definition) is 2. The van der Waals surface area contributed by atoms with Crippen LogP contribution in [0.5, 0.6) is 0 Å². The van der Waals surface area contributed by atoms with Crippen molar-refractivity contribution < 1.29 is 9.59 Å². The summed E-state index contributed by atoms with van der Waals surface area (Å²) in [7, 11) is 0. The van der Waals surface area contributed by atoms with Gasteiger partial charge in [0.05, 0.1) is 0 Å². The standard InChI is InChI=1S/C19H25N3O2/c23-18(22(16-9-10-16)15-6-2-1-3-7-15)14-5-4-8-17(13-14)21-12-11-20-19(21)24/h4-5,8,13,15-16H,1-3,6-7,9-12H2,(H,20,24). The molecule has 0 spiro atoms. The molecule has 4 rings (SSSR count). The number of anilines is 1. The molecule has 1 aliphatic heterocycles. The lowest BCUT2D eigenvalue weighted by Crippen LogP contribution is -2.43. The van der Waals surface area contributed by atoms with Crippen LogP contribution in [0.15, 0.2) is 24.3 Å². The van der Waals surface area contributed by atoms with Crippen LogP contribution in [0.3, 0.4) is 0 Å². The molecule has 3 amide bonds. The van der Waals surface area contributed by atoms with Crippen LogP contribution in [0.2, 0.25) is 0 Å². The van der Waals surface area contributed by atoms with Crippen LogP contribution in [-0.2, 0) is 0 Å². The highest BCUT2D eigenvalue weighted by Gasteiger charge is 2.38. The predicted molar refractivity (Wildman–Crippen MR) is 93.3 cm³/mol. The fourth-order valence-electron chi connectivity index (χ4n) is 4.02. The molecule has 1 saturated heterocycles. The van der Waals surface area contributed by atoms with Gasteiger partial charge in [-0.15, -0.1) is 0 Å². The summed E-state index contributed by atoms with van der Waals surface area (Å²) in [5, 5.41) is 2.81. The van der Waals surface area contributed by atoms with Crippen LogP contribution in [-0.4, -0.2) is 42.0 Å². The first-order valence-electron chi connectivity index (χ1n) is 9.22. The van der Waals surface area contributed by atoms with Crippen LogP contribution in [0.1, 0.15) is 55.3 Å². The average molecular weight is 327 g/mol. The minimum absolute atomic E-state index is 0.0778. The zero-order chi connectivity index (χ0) is 16.5. The van der Waals surface area contributed by atoms with Gasteiger partial charge in [0.1, 0.15) is 0 Å². The van der Waals surface area contributed by atoms with Gasteiger partial charge in [-0.05, 0) is 43.9 Å². The Morgan fingerprint density at radius 2 is 1.83 bits per heavy atom. The zero-order valence-electron chi connectivity index (χ0n) is 14.0. The van der Waals surface area contributed by atoms with Crippen molar-refractivity contribution >= 4 is 17.6 Å². The van der Waals surface area contributed by atoms with Gasteiger partial charge in [-0.3, -0.25) is 9.69 Å². The van der Waals surface area contributed by atoms with Crippen molar-refractivity contribution in [3.05, 3.63) is 29.8 Å².